The fraction of sp³-hybridized carbons (Fsp3) is 0.444. The third kappa shape index (κ3) is 5.55. The molecule has 0 atom stereocenters. The Morgan fingerprint density at radius 2 is 2.36 bits per heavy atom. The van der Waals surface area contributed by atoms with Crippen molar-refractivity contribution in [1.82, 2.24) is 0 Å². The third-order valence-corrected chi connectivity index (χ3v) is 1.14. The summed E-state index contributed by atoms with van der Waals surface area (Å²) >= 11 is 0. The van der Waals surface area contributed by atoms with Crippen molar-refractivity contribution in [1.29, 1.82) is 0 Å². The molecule has 0 unspecified atom stereocenters. The quantitative estimate of drug-likeness (QED) is 0.325. The van der Waals surface area contributed by atoms with Gasteiger partial charge in [-0.15, -0.1) is 0 Å². The highest BCUT2D eigenvalue weighted by Gasteiger charge is 1.89. The molecule has 62 valence electrons. The molecule has 0 heterocycles. The minimum absolute atomic E-state index is 0.580. The highest BCUT2D eigenvalue weighted by molar-refractivity contribution is 5.28. The van der Waals surface area contributed by atoms with Gasteiger partial charge in [0, 0.05) is 12.8 Å². The summed E-state index contributed by atoms with van der Waals surface area (Å²) < 4.78 is 5.26. The first-order valence-corrected chi connectivity index (χ1v) is 3.70. The molecular weight excluding hydrogens is 138 g/mol. The van der Waals surface area contributed by atoms with E-state index in [0.717, 1.165) is 18.6 Å². The van der Waals surface area contributed by atoms with Gasteiger partial charge in [-0.25, -0.2) is 0 Å². The molecule has 0 aliphatic rings. The van der Waals surface area contributed by atoms with Crippen LogP contribution >= 0.6 is 0 Å². The Hall–Kier alpha value is -0.890. The summed E-state index contributed by atoms with van der Waals surface area (Å²) in [6, 6.07) is 0. The van der Waals surface area contributed by atoms with E-state index >= 15 is 0 Å². The summed E-state index contributed by atoms with van der Waals surface area (Å²) in [6.07, 6.45) is 4.42. The van der Waals surface area contributed by atoms with E-state index in [4.69, 9.17) is 4.74 Å². The molecule has 0 aromatic carbocycles. The molecule has 0 fully saturated rings. The van der Waals surface area contributed by atoms with Crippen LogP contribution in [0.15, 0.2) is 29.4 Å². The van der Waals surface area contributed by atoms with Crippen LogP contribution in [0.4, 0.5) is 0 Å². The lowest BCUT2D eigenvalue weighted by molar-refractivity contribution is 0.158. The molecule has 11 heavy (non-hydrogen) atoms. The fourth-order valence-corrected chi connectivity index (χ4v) is 0.601. The first-order valence-electron chi connectivity index (χ1n) is 3.70. The largest absolute Gasteiger partial charge is 0.377 e. The van der Waals surface area contributed by atoms with Gasteiger partial charge in [0.1, 0.15) is 0 Å². The molecule has 0 rings (SSSR count). The number of aliphatic imine (C=N–C) groups is 1. The van der Waals surface area contributed by atoms with Gasteiger partial charge in [-0.3, -0.25) is 4.99 Å². The van der Waals surface area contributed by atoms with Gasteiger partial charge in [-0.1, -0.05) is 19.6 Å². The van der Waals surface area contributed by atoms with Crippen molar-refractivity contribution < 1.29 is 4.74 Å². The van der Waals surface area contributed by atoms with E-state index < -0.39 is 0 Å². The van der Waals surface area contributed by atoms with Crippen LogP contribution in [0.1, 0.15) is 13.3 Å². The summed E-state index contributed by atoms with van der Waals surface area (Å²) in [5.74, 6) is 0. The fourth-order valence-electron chi connectivity index (χ4n) is 0.601. The van der Waals surface area contributed by atoms with Crippen molar-refractivity contribution in [2.45, 2.75) is 13.3 Å². The van der Waals surface area contributed by atoms with Crippen molar-refractivity contribution in [3.63, 3.8) is 0 Å². The molecule has 2 heteroatoms. The second kappa shape index (κ2) is 7.22. The van der Waals surface area contributed by atoms with E-state index in [-0.39, 0.29) is 0 Å². The van der Waals surface area contributed by atoms with E-state index in [2.05, 4.69) is 25.2 Å². The monoisotopic (exact) mass is 153 g/mol. The highest BCUT2D eigenvalue weighted by atomic mass is 16.5. The van der Waals surface area contributed by atoms with Gasteiger partial charge in [0.05, 0.1) is 6.61 Å². The lowest BCUT2D eigenvalue weighted by atomic mass is 10.3. The van der Waals surface area contributed by atoms with Crippen molar-refractivity contribution in [2.24, 2.45) is 4.99 Å². The first-order chi connectivity index (χ1) is 5.35. The Morgan fingerprint density at radius 3 is 2.82 bits per heavy atom. The number of ether oxygens (including phenoxy) is 1. The third-order valence-electron chi connectivity index (χ3n) is 1.14. The highest BCUT2D eigenvalue weighted by Crippen LogP contribution is 1.96. The van der Waals surface area contributed by atoms with Crippen LogP contribution in [0.25, 0.3) is 0 Å². The zero-order valence-electron chi connectivity index (χ0n) is 7.05. The molecule has 0 radical (unpaired) electrons. The molecule has 0 amide bonds. The topological polar surface area (TPSA) is 21.6 Å². The van der Waals surface area contributed by atoms with Crippen LogP contribution in [0.2, 0.25) is 0 Å². The van der Waals surface area contributed by atoms with Crippen molar-refractivity contribution in [3.8, 4) is 0 Å². The number of nitrogens with zero attached hydrogens (tertiary/aromatic N) is 1. The Balaban J connectivity index is 3.60. The zero-order chi connectivity index (χ0) is 8.53. The van der Waals surface area contributed by atoms with E-state index in [1.807, 2.05) is 0 Å². The predicted octanol–water partition coefficient (Wildman–Crippen LogP) is 2.18. The summed E-state index contributed by atoms with van der Waals surface area (Å²) in [5.41, 5.74) is 0.966. The second-order valence-electron chi connectivity index (χ2n) is 2.14. The summed E-state index contributed by atoms with van der Waals surface area (Å²) in [5, 5.41) is 0. The van der Waals surface area contributed by atoms with Gasteiger partial charge in [0.15, 0.2) is 0 Å². The lowest BCUT2D eigenvalue weighted by Gasteiger charge is -2.00. The van der Waals surface area contributed by atoms with Crippen LogP contribution in [-0.4, -0.2) is 19.9 Å². The number of hydrogen-bond acceptors (Lipinski definition) is 2. The predicted molar refractivity (Wildman–Crippen MR) is 48.9 cm³/mol. The minimum atomic E-state index is 0.580. The van der Waals surface area contributed by atoms with Gasteiger partial charge in [-0.2, -0.15) is 0 Å². The van der Waals surface area contributed by atoms with Gasteiger partial charge >= 0.3 is 0 Å². The molecule has 0 aliphatic heterocycles. The standard InChI is InChI=1S/C9H15NO/c1-4-6-11-8-9(5-2)7-10-3/h5,7H,2-4,6,8H2,1H3/b9-7+. The molecule has 0 saturated carbocycles. The van der Waals surface area contributed by atoms with Crippen LogP contribution in [0, 0.1) is 0 Å². The molecule has 0 spiro atoms. The molecule has 0 aromatic heterocycles. The lowest BCUT2D eigenvalue weighted by Crippen LogP contribution is -1.96. The van der Waals surface area contributed by atoms with E-state index in [9.17, 15) is 0 Å². The summed E-state index contributed by atoms with van der Waals surface area (Å²) in [4.78, 5) is 3.62. The SMILES string of the molecule is C=C/C(=C\N=C)COCCC. The van der Waals surface area contributed by atoms with Crippen molar-refractivity contribution in [3.05, 3.63) is 24.4 Å². The summed E-state index contributed by atoms with van der Waals surface area (Å²) in [6.45, 7) is 10.4. The summed E-state index contributed by atoms with van der Waals surface area (Å²) in [7, 11) is 0. The van der Waals surface area contributed by atoms with E-state index in [1.165, 1.54) is 0 Å². The maximum absolute atomic E-state index is 5.26. The van der Waals surface area contributed by atoms with Crippen LogP contribution in [0.3, 0.4) is 0 Å². The molecule has 0 aliphatic carbocycles. The molecule has 0 bridgehead atoms. The van der Waals surface area contributed by atoms with Crippen LogP contribution in [-0.2, 0) is 4.74 Å². The van der Waals surface area contributed by atoms with E-state index in [0.29, 0.717) is 6.61 Å². The zero-order valence-corrected chi connectivity index (χ0v) is 7.05. The van der Waals surface area contributed by atoms with Crippen LogP contribution < -0.4 is 0 Å². The molecule has 2 nitrogen and oxygen atoms in total. The van der Waals surface area contributed by atoms with E-state index in [1.54, 1.807) is 12.3 Å². The molecule has 0 aromatic rings. The van der Waals surface area contributed by atoms with Gasteiger partial charge in [0.25, 0.3) is 0 Å². The molecular formula is C9H15NO. The van der Waals surface area contributed by atoms with Crippen LogP contribution in [0.5, 0.6) is 0 Å². The molecule has 0 saturated heterocycles. The van der Waals surface area contributed by atoms with Crippen molar-refractivity contribution in [2.75, 3.05) is 13.2 Å². The average Bonchev–Trinajstić information content (AvgIpc) is 2.03. The van der Waals surface area contributed by atoms with Gasteiger partial charge in [-0.05, 0) is 18.7 Å². The average molecular weight is 153 g/mol. The van der Waals surface area contributed by atoms with Crippen molar-refractivity contribution >= 4 is 6.72 Å². The maximum atomic E-state index is 5.26. The smallest absolute Gasteiger partial charge is 0.0731 e. The maximum Gasteiger partial charge on any atom is 0.0731 e. The Bertz CT molecular complexity index is 150. The molecule has 0 N–H and O–H groups in total. The Labute approximate surface area is 68.3 Å². The minimum Gasteiger partial charge on any atom is -0.377 e. The Morgan fingerprint density at radius 1 is 1.64 bits per heavy atom. The number of rotatable bonds is 6. The first kappa shape index (κ1) is 10.1. The number of hydrogen-bond donors (Lipinski definition) is 0. The Kier molecular flexibility index (Phi) is 6.64. The van der Waals surface area contributed by atoms with Gasteiger partial charge < -0.3 is 4.74 Å². The second-order valence-corrected chi connectivity index (χ2v) is 2.14. The van der Waals surface area contributed by atoms with Gasteiger partial charge in [0.2, 0.25) is 0 Å². The normalized spacial score (nSPS) is 11.2.